The largest absolute Gasteiger partial charge is 0.337 e. The van der Waals surface area contributed by atoms with Gasteiger partial charge in [-0.25, -0.2) is 0 Å². The maximum Gasteiger partial charge on any atom is 0.223 e. The molecule has 0 aromatic rings. The molecule has 118 valence electrons. The molecule has 4 heterocycles. The molecule has 0 aliphatic carbocycles. The number of carbonyl (C=O) groups excluding carboxylic acids is 1. The van der Waals surface area contributed by atoms with Crippen LogP contribution in [0.25, 0.3) is 0 Å². The molecule has 4 heteroatoms. The van der Waals surface area contributed by atoms with E-state index in [4.69, 9.17) is 0 Å². The summed E-state index contributed by atoms with van der Waals surface area (Å²) in [4.78, 5) is 17.6. The molecule has 4 saturated heterocycles. The van der Waals surface area contributed by atoms with Crippen molar-refractivity contribution < 1.29 is 4.79 Å². The molecule has 1 N–H and O–H groups in total. The lowest BCUT2D eigenvalue weighted by Crippen LogP contribution is -2.57. The number of hydrogen-bond donors (Lipinski definition) is 1. The van der Waals surface area contributed by atoms with Crippen molar-refractivity contribution in [2.45, 2.75) is 76.0 Å². The van der Waals surface area contributed by atoms with E-state index in [-0.39, 0.29) is 0 Å². The van der Waals surface area contributed by atoms with E-state index in [9.17, 15) is 4.79 Å². The second-order valence-electron chi connectivity index (χ2n) is 7.87. The van der Waals surface area contributed by atoms with Gasteiger partial charge in [-0.15, -0.1) is 0 Å². The average Bonchev–Trinajstić information content (AvgIpc) is 3.03. The van der Waals surface area contributed by atoms with Gasteiger partial charge in [0.2, 0.25) is 5.91 Å². The van der Waals surface area contributed by atoms with Gasteiger partial charge in [-0.2, -0.15) is 0 Å². The van der Waals surface area contributed by atoms with E-state index in [1.54, 1.807) is 0 Å². The number of nitrogens with zero attached hydrogens (tertiary/aromatic N) is 2. The Labute approximate surface area is 128 Å². The summed E-state index contributed by atoms with van der Waals surface area (Å²) in [6.45, 7) is 5.55. The van der Waals surface area contributed by atoms with Crippen LogP contribution in [0.1, 0.15) is 51.9 Å². The van der Waals surface area contributed by atoms with Crippen LogP contribution in [0.15, 0.2) is 0 Å². The highest BCUT2D eigenvalue weighted by atomic mass is 16.2. The molecule has 0 aromatic carbocycles. The molecule has 0 saturated carbocycles. The molecule has 4 unspecified atom stereocenters. The third-order valence-corrected chi connectivity index (χ3v) is 6.29. The third kappa shape index (κ3) is 2.72. The summed E-state index contributed by atoms with van der Waals surface area (Å²) >= 11 is 0. The number of amides is 1. The number of rotatable bonds is 2. The van der Waals surface area contributed by atoms with Crippen molar-refractivity contribution in [1.29, 1.82) is 0 Å². The van der Waals surface area contributed by atoms with Gasteiger partial charge in [0.25, 0.3) is 0 Å². The molecule has 4 nitrogen and oxygen atoms in total. The number of hydrogen-bond acceptors (Lipinski definition) is 3. The molecule has 21 heavy (non-hydrogen) atoms. The highest BCUT2D eigenvalue weighted by molar-refractivity contribution is 5.77. The number of piperazine rings is 1. The van der Waals surface area contributed by atoms with Crippen molar-refractivity contribution in [1.82, 2.24) is 15.1 Å². The first-order valence-corrected chi connectivity index (χ1v) is 8.98. The first kappa shape index (κ1) is 14.0. The van der Waals surface area contributed by atoms with Gasteiger partial charge in [-0.3, -0.25) is 9.69 Å². The first-order chi connectivity index (χ1) is 10.2. The summed E-state index contributed by atoms with van der Waals surface area (Å²) in [6.07, 6.45) is 8.50. The van der Waals surface area contributed by atoms with Crippen molar-refractivity contribution in [3.8, 4) is 0 Å². The van der Waals surface area contributed by atoms with Gasteiger partial charge < -0.3 is 10.2 Å². The van der Waals surface area contributed by atoms with Gasteiger partial charge in [0, 0.05) is 43.7 Å². The number of carbonyl (C=O) groups is 1. The second kappa shape index (κ2) is 5.54. The maximum atomic E-state index is 12.8. The van der Waals surface area contributed by atoms with Crippen LogP contribution in [0.2, 0.25) is 0 Å². The summed E-state index contributed by atoms with van der Waals surface area (Å²) in [7, 11) is 0. The first-order valence-electron chi connectivity index (χ1n) is 8.98. The van der Waals surface area contributed by atoms with Crippen molar-refractivity contribution in [3.63, 3.8) is 0 Å². The molecule has 4 fully saturated rings. The van der Waals surface area contributed by atoms with Crippen molar-refractivity contribution in [2.24, 2.45) is 5.92 Å². The molecule has 0 spiro atoms. The van der Waals surface area contributed by atoms with E-state index in [0.717, 1.165) is 19.5 Å². The molecule has 4 rings (SSSR count). The quantitative estimate of drug-likeness (QED) is 0.839. The van der Waals surface area contributed by atoms with Gasteiger partial charge in [0.05, 0.1) is 0 Å². The highest BCUT2D eigenvalue weighted by Crippen LogP contribution is 2.33. The van der Waals surface area contributed by atoms with E-state index in [1.165, 1.54) is 45.1 Å². The molecule has 4 atom stereocenters. The van der Waals surface area contributed by atoms with Crippen LogP contribution in [-0.4, -0.2) is 59.5 Å². The Kier molecular flexibility index (Phi) is 3.70. The molecule has 0 aromatic heterocycles. The molecule has 1 amide bonds. The smallest absolute Gasteiger partial charge is 0.223 e. The summed E-state index contributed by atoms with van der Waals surface area (Å²) in [5.74, 6) is 1.06. The van der Waals surface area contributed by atoms with Gasteiger partial charge >= 0.3 is 0 Å². The van der Waals surface area contributed by atoms with Gasteiger partial charge in [0.15, 0.2) is 0 Å². The Balaban J connectivity index is 1.36. The van der Waals surface area contributed by atoms with Crippen molar-refractivity contribution in [3.05, 3.63) is 0 Å². The zero-order chi connectivity index (χ0) is 14.4. The molecule has 0 radical (unpaired) electrons. The predicted octanol–water partition coefficient (Wildman–Crippen LogP) is 1.60. The van der Waals surface area contributed by atoms with Gasteiger partial charge in [0.1, 0.15) is 0 Å². The van der Waals surface area contributed by atoms with E-state index >= 15 is 0 Å². The lowest BCUT2D eigenvalue weighted by molar-refractivity contribution is -0.138. The Bertz CT molecular complexity index is 401. The average molecular weight is 291 g/mol. The molecular weight excluding hydrogens is 262 g/mol. The SMILES string of the molecule is CC1CN2CCCC2CN1C(=O)CC1CC2CCC(C1)N2. The molecule has 2 bridgehead atoms. The Morgan fingerprint density at radius 2 is 1.90 bits per heavy atom. The third-order valence-electron chi connectivity index (χ3n) is 6.29. The number of fused-ring (bicyclic) bond motifs is 3. The fourth-order valence-corrected chi connectivity index (χ4v) is 5.24. The normalized spacial score (nSPS) is 43.1. The Morgan fingerprint density at radius 1 is 1.14 bits per heavy atom. The summed E-state index contributed by atoms with van der Waals surface area (Å²) in [6, 6.07) is 2.45. The maximum absolute atomic E-state index is 12.8. The van der Waals surface area contributed by atoms with Gasteiger partial charge in [-0.1, -0.05) is 0 Å². The van der Waals surface area contributed by atoms with E-state index in [1.807, 2.05) is 0 Å². The van der Waals surface area contributed by atoms with E-state index < -0.39 is 0 Å². The molecule has 4 aliphatic rings. The van der Waals surface area contributed by atoms with Crippen LogP contribution < -0.4 is 5.32 Å². The second-order valence-corrected chi connectivity index (χ2v) is 7.87. The lowest BCUT2D eigenvalue weighted by atomic mass is 9.89. The van der Waals surface area contributed by atoms with Crippen molar-refractivity contribution >= 4 is 5.91 Å². The van der Waals surface area contributed by atoms with E-state index in [2.05, 4.69) is 22.0 Å². The summed E-state index contributed by atoms with van der Waals surface area (Å²) < 4.78 is 0. The number of piperidine rings is 1. The minimum atomic E-state index is 0.408. The topological polar surface area (TPSA) is 35.6 Å². The highest BCUT2D eigenvalue weighted by Gasteiger charge is 2.39. The van der Waals surface area contributed by atoms with Crippen molar-refractivity contribution in [2.75, 3.05) is 19.6 Å². The van der Waals surface area contributed by atoms with E-state index in [0.29, 0.717) is 36.0 Å². The monoisotopic (exact) mass is 291 g/mol. The standard InChI is InChI=1S/C17H29N3O/c1-12-10-19-6-2-3-16(19)11-20(12)17(21)9-13-7-14-4-5-15(8-13)18-14/h12-16,18H,2-11H2,1H3. The Morgan fingerprint density at radius 3 is 2.67 bits per heavy atom. The zero-order valence-electron chi connectivity index (χ0n) is 13.3. The zero-order valence-corrected chi connectivity index (χ0v) is 13.3. The molecule has 4 aliphatic heterocycles. The number of nitrogens with one attached hydrogen (secondary N) is 1. The van der Waals surface area contributed by atoms with Gasteiger partial charge in [-0.05, 0) is 57.9 Å². The van der Waals surface area contributed by atoms with Crippen LogP contribution in [0.5, 0.6) is 0 Å². The summed E-state index contributed by atoms with van der Waals surface area (Å²) in [5, 5.41) is 3.68. The fourth-order valence-electron chi connectivity index (χ4n) is 5.24. The van der Waals surface area contributed by atoms with Crippen LogP contribution in [0.4, 0.5) is 0 Å². The molecular formula is C17H29N3O. The summed E-state index contributed by atoms with van der Waals surface area (Å²) in [5.41, 5.74) is 0. The van der Waals surface area contributed by atoms with Crippen LogP contribution in [0.3, 0.4) is 0 Å². The van der Waals surface area contributed by atoms with Crippen LogP contribution >= 0.6 is 0 Å². The predicted molar refractivity (Wildman–Crippen MR) is 83.1 cm³/mol. The lowest BCUT2D eigenvalue weighted by Gasteiger charge is -2.43. The minimum Gasteiger partial charge on any atom is -0.337 e. The van der Waals surface area contributed by atoms with Crippen LogP contribution in [0, 0.1) is 5.92 Å². The van der Waals surface area contributed by atoms with Crippen LogP contribution in [-0.2, 0) is 4.79 Å². The Hall–Kier alpha value is -0.610. The minimum absolute atomic E-state index is 0.408. The fraction of sp³-hybridized carbons (Fsp3) is 0.941.